The third-order valence-electron chi connectivity index (χ3n) is 12.9. The van der Waals surface area contributed by atoms with E-state index in [4.69, 9.17) is 47.4 Å². The molecule has 3 aromatic carbocycles. The van der Waals surface area contributed by atoms with Crippen LogP contribution in [0.3, 0.4) is 0 Å². The monoisotopic (exact) mass is 1100 g/mol. The molecule has 0 aromatic heterocycles. The van der Waals surface area contributed by atoms with Crippen LogP contribution in [0.15, 0.2) is 92.0 Å². The van der Waals surface area contributed by atoms with Gasteiger partial charge in [-0.2, -0.15) is 0 Å². The molecule has 79 heavy (non-hydrogen) atoms. The average Bonchev–Trinajstić information content (AvgIpc) is 3.44. The zero-order valence-corrected chi connectivity index (χ0v) is 44.8. The van der Waals surface area contributed by atoms with Crippen molar-refractivity contribution in [1.29, 1.82) is 0 Å². The molecular weight excluding hydrogens is 1030 g/mol. The van der Waals surface area contributed by atoms with E-state index in [1.807, 2.05) is 0 Å². The van der Waals surface area contributed by atoms with Crippen molar-refractivity contribution >= 4 is 59.7 Å². The maximum absolute atomic E-state index is 13.2. The SMILES string of the molecule is C=CC(=O)OCC(C)OC(=O)CCC(=O)OCCc1ccc(OC(=O)C2CCC(C(=O)Oc3ccc(OC(=O)C4CCC(C(=O)Oc5ccc(CCOC(=O)CCC(=O)OC(C)COC(=O)C=C)cc5)CC4)c(C)c3)CC2)cc1. The van der Waals surface area contributed by atoms with Gasteiger partial charge < -0.3 is 47.4 Å². The summed E-state index contributed by atoms with van der Waals surface area (Å²) < 4.78 is 53.0. The first-order valence-electron chi connectivity index (χ1n) is 26.3. The van der Waals surface area contributed by atoms with Gasteiger partial charge in [0.1, 0.15) is 48.4 Å². The van der Waals surface area contributed by atoms with Crippen LogP contribution in [0, 0.1) is 30.6 Å². The summed E-state index contributed by atoms with van der Waals surface area (Å²) in [5, 5.41) is 0. The molecule has 0 aliphatic heterocycles. The Hall–Kier alpha value is -8.16. The van der Waals surface area contributed by atoms with Crippen molar-refractivity contribution < 1.29 is 95.3 Å². The topological polar surface area (TPSA) is 263 Å². The van der Waals surface area contributed by atoms with Gasteiger partial charge in [-0.3, -0.25) is 38.4 Å². The van der Waals surface area contributed by atoms with Gasteiger partial charge in [-0.1, -0.05) is 37.4 Å². The Morgan fingerprint density at radius 3 is 1.14 bits per heavy atom. The van der Waals surface area contributed by atoms with Crippen LogP contribution in [0.25, 0.3) is 0 Å². The van der Waals surface area contributed by atoms with Gasteiger partial charge in [-0.15, -0.1) is 0 Å². The lowest BCUT2D eigenvalue weighted by Gasteiger charge is -2.26. The minimum Gasteiger partial charge on any atom is -0.465 e. The average molecular weight is 1100 g/mol. The third-order valence-corrected chi connectivity index (χ3v) is 12.9. The summed E-state index contributed by atoms with van der Waals surface area (Å²) in [7, 11) is 0. The van der Waals surface area contributed by atoms with Gasteiger partial charge >= 0.3 is 59.7 Å². The molecule has 0 spiro atoms. The van der Waals surface area contributed by atoms with Crippen LogP contribution in [0.1, 0.15) is 108 Å². The zero-order valence-electron chi connectivity index (χ0n) is 44.8. The lowest BCUT2D eigenvalue weighted by atomic mass is 9.82. The molecular formula is C59H68O20. The molecule has 2 aliphatic rings. The number of carbonyl (C=O) groups is 10. The molecule has 0 radical (unpaired) electrons. The van der Waals surface area contributed by atoms with Gasteiger partial charge in [0.2, 0.25) is 0 Å². The van der Waals surface area contributed by atoms with E-state index >= 15 is 0 Å². The number of hydrogen-bond donors (Lipinski definition) is 0. The maximum atomic E-state index is 13.2. The number of rotatable bonds is 28. The van der Waals surface area contributed by atoms with E-state index in [2.05, 4.69) is 13.2 Å². The quantitative estimate of drug-likeness (QED) is 0.0292. The van der Waals surface area contributed by atoms with Gasteiger partial charge in [0.25, 0.3) is 0 Å². The molecule has 0 bridgehead atoms. The fourth-order valence-electron chi connectivity index (χ4n) is 8.44. The molecule has 2 aliphatic carbocycles. The highest BCUT2D eigenvalue weighted by molar-refractivity contribution is 5.82. The molecule has 20 nitrogen and oxygen atoms in total. The number of aryl methyl sites for hydroxylation is 1. The number of ether oxygens (including phenoxy) is 10. The Balaban J connectivity index is 0.921. The van der Waals surface area contributed by atoms with Crippen molar-refractivity contribution in [3.8, 4) is 23.0 Å². The van der Waals surface area contributed by atoms with Gasteiger partial charge in [-0.05, 0) is 131 Å². The Morgan fingerprint density at radius 2 is 0.785 bits per heavy atom. The normalized spacial score (nSPS) is 17.4. The fraction of sp³-hybridized carbons (Fsp3) is 0.458. The molecule has 20 heteroatoms. The van der Waals surface area contributed by atoms with Crippen molar-refractivity contribution in [2.24, 2.45) is 23.7 Å². The molecule has 2 atom stereocenters. The predicted octanol–water partition coefficient (Wildman–Crippen LogP) is 7.68. The summed E-state index contributed by atoms with van der Waals surface area (Å²) >= 11 is 0. The molecule has 424 valence electrons. The third kappa shape index (κ3) is 22.0. The number of benzene rings is 3. The number of esters is 10. The van der Waals surface area contributed by atoms with Crippen LogP contribution in [-0.4, -0.2) is 98.3 Å². The van der Waals surface area contributed by atoms with Crippen LogP contribution < -0.4 is 18.9 Å². The van der Waals surface area contributed by atoms with E-state index in [0.717, 1.165) is 23.3 Å². The zero-order chi connectivity index (χ0) is 57.3. The van der Waals surface area contributed by atoms with E-state index in [-0.39, 0.29) is 52.1 Å². The summed E-state index contributed by atoms with van der Waals surface area (Å²) in [6.45, 7) is 11.3. The second-order valence-electron chi connectivity index (χ2n) is 19.2. The van der Waals surface area contributed by atoms with Crippen molar-refractivity contribution in [1.82, 2.24) is 0 Å². The smallest absolute Gasteiger partial charge is 0.330 e. The lowest BCUT2D eigenvalue weighted by molar-refractivity contribution is -0.157. The van der Waals surface area contributed by atoms with Crippen molar-refractivity contribution in [2.45, 2.75) is 123 Å². The van der Waals surface area contributed by atoms with E-state index < -0.39 is 95.6 Å². The van der Waals surface area contributed by atoms with Gasteiger partial charge in [-0.25, -0.2) is 9.59 Å². The Morgan fingerprint density at radius 1 is 0.456 bits per heavy atom. The van der Waals surface area contributed by atoms with Crippen molar-refractivity contribution in [3.05, 3.63) is 109 Å². The molecule has 0 amide bonds. The molecule has 2 saturated carbocycles. The minimum atomic E-state index is -0.683. The van der Waals surface area contributed by atoms with E-state index in [1.54, 1.807) is 87.5 Å². The van der Waals surface area contributed by atoms with Crippen LogP contribution in [0.5, 0.6) is 23.0 Å². The van der Waals surface area contributed by atoms with Crippen molar-refractivity contribution in [2.75, 3.05) is 26.4 Å². The Labute approximate surface area is 458 Å². The Kier molecular flexibility index (Phi) is 24.9. The first-order chi connectivity index (χ1) is 37.9. The van der Waals surface area contributed by atoms with Crippen LogP contribution >= 0.6 is 0 Å². The highest BCUT2D eigenvalue weighted by Gasteiger charge is 2.34. The van der Waals surface area contributed by atoms with Gasteiger partial charge in [0.05, 0.1) is 62.6 Å². The number of hydrogen-bond acceptors (Lipinski definition) is 20. The fourth-order valence-corrected chi connectivity index (χ4v) is 8.44. The highest BCUT2D eigenvalue weighted by atomic mass is 16.6. The molecule has 2 unspecified atom stereocenters. The van der Waals surface area contributed by atoms with E-state index in [9.17, 15) is 47.9 Å². The second-order valence-corrected chi connectivity index (χ2v) is 19.2. The maximum Gasteiger partial charge on any atom is 0.330 e. The van der Waals surface area contributed by atoms with Crippen molar-refractivity contribution in [3.63, 3.8) is 0 Å². The van der Waals surface area contributed by atoms with Crippen LogP contribution in [0.2, 0.25) is 0 Å². The summed E-state index contributed by atoms with van der Waals surface area (Å²) in [5.74, 6) is -5.62. The molecule has 2 fully saturated rings. The van der Waals surface area contributed by atoms with Gasteiger partial charge in [0.15, 0.2) is 0 Å². The summed E-state index contributed by atoms with van der Waals surface area (Å²) in [4.78, 5) is 123. The molecule has 5 rings (SSSR count). The standard InChI is InChI=1S/C59H68O20/c1-6-50(60)72-35-38(4)74-54(64)28-26-52(62)70-32-30-40-8-20-46(21-9-40)76-56(66)42-12-14-44(15-13-42)58(68)78-48-24-25-49(37(3)34-48)79-59(69)45-18-16-43(17-19-45)57(67)77-47-22-10-41(11-23-47)31-33-71-53(63)27-29-55(65)75-39(5)36-73-51(61)7-2/h6-11,20-25,34,38-39,42-45H,1-2,12-19,26-33,35-36H2,3-5H3. The first kappa shape index (κ1) is 61.7. The first-order valence-corrected chi connectivity index (χ1v) is 26.3. The van der Waals surface area contributed by atoms with Crippen LogP contribution in [-0.2, 0) is 89.2 Å². The summed E-state index contributed by atoms with van der Waals surface area (Å²) in [5.41, 5.74) is 2.25. The largest absolute Gasteiger partial charge is 0.465 e. The molecule has 0 heterocycles. The number of carbonyl (C=O) groups excluding carboxylic acids is 10. The molecule has 0 N–H and O–H groups in total. The summed E-state index contributed by atoms with van der Waals surface area (Å²) in [6, 6.07) is 18.4. The minimum absolute atomic E-state index is 0.0732. The second kappa shape index (κ2) is 31.9. The molecule has 3 aromatic rings. The lowest BCUT2D eigenvalue weighted by Crippen LogP contribution is -2.30. The van der Waals surface area contributed by atoms with Gasteiger partial charge in [0, 0.05) is 25.0 Å². The summed E-state index contributed by atoms with van der Waals surface area (Å²) in [6.07, 6.45) is 4.15. The highest BCUT2D eigenvalue weighted by Crippen LogP contribution is 2.34. The Bertz CT molecular complexity index is 2620. The van der Waals surface area contributed by atoms with Crippen LogP contribution in [0.4, 0.5) is 0 Å². The molecule has 0 saturated heterocycles. The van der Waals surface area contributed by atoms with E-state index in [0.29, 0.717) is 92.8 Å². The predicted molar refractivity (Wildman–Crippen MR) is 279 cm³/mol. The van der Waals surface area contributed by atoms with E-state index in [1.165, 1.54) is 0 Å².